The maximum Gasteiger partial charge on any atom is 0.172 e. The van der Waals surface area contributed by atoms with Gasteiger partial charge in [-0.2, -0.15) is 0 Å². The normalized spacial score (nSPS) is 18.5. The van der Waals surface area contributed by atoms with Gasteiger partial charge in [0.25, 0.3) is 0 Å². The minimum Gasteiger partial charge on any atom is -0.490 e. The van der Waals surface area contributed by atoms with Crippen LogP contribution in [0.5, 0.6) is 5.75 Å². The van der Waals surface area contributed by atoms with Crippen LogP contribution < -0.4 is 4.74 Å². The maximum atomic E-state index is 12.4. The summed E-state index contributed by atoms with van der Waals surface area (Å²) < 4.78 is 7.07. The third-order valence-corrected chi connectivity index (χ3v) is 7.41. The molecule has 0 spiro atoms. The number of benzene rings is 1. The van der Waals surface area contributed by atoms with Gasteiger partial charge in [0.15, 0.2) is 5.78 Å². The lowest BCUT2D eigenvalue weighted by Gasteiger charge is -2.25. The van der Waals surface area contributed by atoms with Crippen LogP contribution in [0.2, 0.25) is 4.34 Å². The lowest BCUT2D eigenvalue weighted by molar-refractivity contribution is 0.0720. The molecule has 1 atom stereocenters. The molecule has 1 fully saturated rings. The van der Waals surface area contributed by atoms with Crippen molar-refractivity contribution in [2.45, 2.75) is 63.6 Å². The van der Waals surface area contributed by atoms with Crippen molar-refractivity contribution >= 4 is 40.3 Å². The Morgan fingerprint density at radius 2 is 2.03 bits per heavy atom. The fourth-order valence-corrected chi connectivity index (χ4v) is 5.26. The molecular weight excluding hydrogens is 458 g/mol. The van der Waals surface area contributed by atoms with Crippen molar-refractivity contribution in [3.63, 3.8) is 0 Å². The molecule has 0 bridgehead atoms. The van der Waals surface area contributed by atoms with Gasteiger partial charge in [-0.15, -0.1) is 11.3 Å². The van der Waals surface area contributed by atoms with Crippen LogP contribution in [-0.4, -0.2) is 48.5 Å². The number of amidine groups is 1. The zero-order valence-electron chi connectivity index (χ0n) is 19.1. The highest BCUT2D eigenvalue weighted by Gasteiger charge is 2.27. The van der Waals surface area contributed by atoms with E-state index in [9.17, 15) is 4.79 Å². The molecule has 2 aromatic rings. The van der Waals surface area contributed by atoms with Gasteiger partial charge in [0, 0.05) is 38.1 Å². The van der Waals surface area contributed by atoms with E-state index in [1.54, 1.807) is 17.0 Å². The summed E-state index contributed by atoms with van der Waals surface area (Å²) in [6.45, 7) is 0. The predicted octanol–water partition coefficient (Wildman–Crippen LogP) is 6.16. The molecule has 0 amide bonds. The summed E-state index contributed by atoms with van der Waals surface area (Å²) >= 11 is 7.26. The van der Waals surface area contributed by atoms with Gasteiger partial charge in [0.1, 0.15) is 17.7 Å². The van der Waals surface area contributed by atoms with Crippen LogP contribution in [0.1, 0.15) is 72.2 Å². The van der Waals surface area contributed by atoms with Crippen molar-refractivity contribution in [2.24, 2.45) is 5.16 Å². The minimum absolute atomic E-state index is 0.0804. The van der Waals surface area contributed by atoms with E-state index in [0.717, 1.165) is 35.4 Å². The van der Waals surface area contributed by atoms with Gasteiger partial charge in [0.2, 0.25) is 0 Å². The summed E-state index contributed by atoms with van der Waals surface area (Å²) in [7, 11) is 3.73. The van der Waals surface area contributed by atoms with Gasteiger partial charge in [-0.1, -0.05) is 29.2 Å². The molecule has 2 heterocycles. The van der Waals surface area contributed by atoms with Crippen molar-refractivity contribution in [3.8, 4) is 5.75 Å². The molecule has 1 aromatic heterocycles. The average Bonchev–Trinajstić information content (AvgIpc) is 3.47. The first-order valence-electron chi connectivity index (χ1n) is 11.5. The van der Waals surface area contributed by atoms with Crippen LogP contribution in [0.15, 0.2) is 35.5 Å². The standard InChI is InChI=1S/C25H30ClN3O3S/c1-29(2)25(27)16-8-10-19(22(14-16)31-17-6-4-3-5-7-17)20-15-18(32-28-20)9-11-21(30)23-12-13-24(26)33-23/h8,10,12-14,17-18,27H,3-7,9,11,15H2,1-2H3. The number of oxime groups is 1. The van der Waals surface area contributed by atoms with E-state index in [-0.39, 0.29) is 18.0 Å². The molecule has 1 unspecified atom stereocenters. The summed E-state index contributed by atoms with van der Waals surface area (Å²) in [5, 5.41) is 12.7. The van der Waals surface area contributed by atoms with Crippen LogP contribution in [0.25, 0.3) is 0 Å². The zero-order valence-corrected chi connectivity index (χ0v) is 20.7. The van der Waals surface area contributed by atoms with E-state index in [1.807, 2.05) is 32.3 Å². The first kappa shape index (κ1) is 23.8. The summed E-state index contributed by atoms with van der Waals surface area (Å²) in [6, 6.07) is 9.39. The molecule has 8 heteroatoms. The van der Waals surface area contributed by atoms with Crippen molar-refractivity contribution in [2.75, 3.05) is 14.1 Å². The highest BCUT2D eigenvalue weighted by Crippen LogP contribution is 2.32. The number of halogens is 1. The van der Waals surface area contributed by atoms with Crippen molar-refractivity contribution < 1.29 is 14.4 Å². The topological polar surface area (TPSA) is 75.0 Å². The third kappa shape index (κ3) is 5.95. The van der Waals surface area contributed by atoms with Gasteiger partial charge >= 0.3 is 0 Å². The van der Waals surface area contributed by atoms with Crippen LogP contribution in [0.3, 0.4) is 0 Å². The van der Waals surface area contributed by atoms with Gasteiger partial charge in [-0.25, -0.2) is 0 Å². The van der Waals surface area contributed by atoms with E-state index in [0.29, 0.717) is 34.3 Å². The fourth-order valence-electron chi connectivity index (χ4n) is 4.25. The quantitative estimate of drug-likeness (QED) is 0.275. The molecule has 1 N–H and O–H groups in total. The molecule has 6 nitrogen and oxygen atoms in total. The van der Waals surface area contributed by atoms with E-state index in [2.05, 4.69) is 5.16 Å². The van der Waals surface area contributed by atoms with Gasteiger partial charge in [-0.3, -0.25) is 10.2 Å². The number of nitrogens with one attached hydrogen (secondary N) is 1. The van der Waals surface area contributed by atoms with Crippen LogP contribution in [0, 0.1) is 5.41 Å². The summed E-state index contributed by atoms with van der Waals surface area (Å²) in [4.78, 5) is 20.6. The molecule has 1 aromatic carbocycles. The van der Waals surface area contributed by atoms with E-state index in [1.165, 1.54) is 30.6 Å². The van der Waals surface area contributed by atoms with Crippen LogP contribution in [-0.2, 0) is 4.84 Å². The summed E-state index contributed by atoms with van der Waals surface area (Å²) in [6.07, 6.45) is 7.41. The largest absolute Gasteiger partial charge is 0.490 e. The average molecular weight is 488 g/mol. The first-order chi connectivity index (χ1) is 15.9. The van der Waals surface area contributed by atoms with E-state index >= 15 is 0 Å². The Bertz CT molecular complexity index is 1040. The summed E-state index contributed by atoms with van der Waals surface area (Å²) in [5.74, 6) is 1.28. The van der Waals surface area contributed by atoms with Crippen molar-refractivity contribution in [3.05, 3.63) is 50.7 Å². The molecule has 1 saturated carbocycles. The second-order valence-corrected chi connectivity index (χ2v) is 10.6. The minimum atomic E-state index is -0.137. The van der Waals surface area contributed by atoms with Gasteiger partial charge in [-0.05, 0) is 56.4 Å². The lowest BCUT2D eigenvalue weighted by atomic mass is 9.96. The SMILES string of the molecule is CN(C)C(=N)c1ccc(C2=NOC(CCC(=O)c3ccc(Cl)s3)C2)c(OC2CCCCC2)c1. The van der Waals surface area contributed by atoms with E-state index < -0.39 is 0 Å². The molecule has 4 rings (SSSR count). The number of nitrogens with zero attached hydrogens (tertiary/aromatic N) is 2. The highest BCUT2D eigenvalue weighted by molar-refractivity contribution is 7.18. The second-order valence-electron chi connectivity index (χ2n) is 8.87. The fraction of sp³-hybridized carbons (Fsp3) is 0.480. The number of carbonyl (C=O) groups excluding carboxylic acids is 1. The molecule has 0 saturated heterocycles. The predicted molar refractivity (Wildman–Crippen MR) is 133 cm³/mol. The number of rotatable bonds is 8. The number of ketones is 1. The number of carbonyl (C=O) groups is 1. The number of Topliss-reactive ketones (excluding diaryl/α,β-unsaturated/α-hetero) is 1. The Hall–Kier alpha value is -2.38. The number of ether oxygens (including phenoxy) is 1. The monoisotopic (exact) mass is 487 g/mol. The first-order valence-corrected chi connectivity index (χ1v) is 12.7. The Labute approximate surface area is 204 Å². The second kappa shape index (κ2) is 10.7. The maximum absolute atomic E-state index is 12.4. The Morgan fingerprint density at radius 1 is 1.24 bits per heavy atom. The number of thiophene rings is 1. The molecule has 0 radical (unpaired) electrons. The zero-order chi connectivity index (χ0) is 23.4. The number of hydrogen-bond donors (Lipinski definition) is 1. The molecule has 33 heavy (non-hydrogen) atoms. The third-order valence-electron chi connectivity index (χ3n) is 6.13. The lowest BCUT2D eigenvalue weighted by Crippen LogP contribution is -2.23. The number of hydrogen-bond acceptors (Lipinski definition) is 6. The van der Waals surface area contributed by atoms with Crippen LogP contribution >= 0.6 is 22.9 Å². The summed E-state index contributed by atoms with van der Waals surface area (Å²) in [5.41, 5.74) is 2.56. The highest BCUT2D eigenvalue weighted by atomic mass is 35.5. The Balaban J connectivity index is 1.45. The van der Waals surface area contributed by atoms with Gasteiger partial charge < -0.3 is 14.5 Å². The molecule has 2 aliphatic rings. The van der Waals surface area contributed by atoms with Crippen molar-refractivity contribution in [1.82, 2.24) is 4.90 Å². The Morgan fingerprint density at radius 3 is 2.73 bits per heavy atom. The molecular formula is C25H30ClN3O3S. The van der Waals surface area contributed by atoms with Gasteiger partial charge in [0.05, 0.1) is 21.0 Å². The molecule has 176 valence electrons. The smallest absolute Gasteiger partial charge is 0.172 e. The molecule has 1 aliphatic carbocycles. The Kier molecular flexibility index (Phi) is 7.71. The van der Waals surface area contributed by atoms with E-state index in [4.69, 9.17) is 26.6 Å². The van der Waals surface area contributed by atoms with Crippen LogP contribution in [0.4, 0.5) is 0 Å². The molecule has 1 aliphatic heterocycles. The van der Waals surface area contributed by atoms with Crippen molar-refractivity contribution in [1.29, 1.82) is 5.41 Å².